The molecule has 0 bridgehead atoms. The molecule has 0 saturated heterocycles. The third-order valence-corrected chi connectivity index (χ3v) is 5.26. The quantitative estimate of drug-likeness (QED) is 0.550. The second-order valence-corrected chi connectivity index (χ2v) is 8.41. The molecule has 7 heteroatoms. The lowest BCUT2D eigenvalue weighted by molar-refractivity contribution is -0.133. The van der Waals surface area contributed by atoms with Gasteiger partial charge in [-0.1, -0.05) is 44.2 Å². The Morgan fingerprint density at radius 3 is 2.12 bits per heavy atom. The predicted octanol–water partition coefficient (Wildman–Crippen LogP) is 3.37. The van der Waals surface area contributed by atoms with Gasteiger partial charge in [0.15, 0.2) is 6.10 Å². The first-order valence-electron chi connectivity index (χ1n) is 10.8. The fraction of sp³-hybridized carbons (Fsp3) is 0.400. The monoisotopic (exact) mass is 439 g/mol. The summed E-state index contributed by atoms with van der Waals surface area (Å²) in [5.41, 5.74) is 8.16. The van der Waals surface area contributed by atoms with E-state index < -0.39 is 24.0 Å². The molecule has 0 aliphatic heterocycles. The Labute approximate surface area is 189 Å². The number of amides is 3. The first-order valence-corrected chi connectivity index (χ1v) is 10.8. The van der Waals surface area contributed by atoms with Crippen LogP contribution in [0.2, 0.25) is 0 Å². The summed E-state index contributed by atoms with van der Waals surface area (Å²) in [6.45, 7) is 11.2. The molecule has 0 radical (unpaired) electrons. The maximum atomic E-state index is 12.7. The largest absolute Gasteiger partial charge is 0.481 e. The molecule has 0 spiro atoms. The highest BCUT2D eigenvalue weighted by atomic mass is 16.5. The average molecular weight is 440 g/mol. The van der Waals surface area contributed by atoms with Gasteiger partial charge in [-0.3, -0.25) is 25.2 Å². The van der Waals surface area contributed by atoms with E-state index in [1.807, 2.05) is 58.9 Å². The van der Waals surface area contributed by atoms with Gasteiger partial charge in [0.2, 0.25) is 0 Å². The van der Waals surface area contributed by atoms with Crippen molar-refractivity contribution in [2.45, 2.75) is 60.1 Å². The number of hydrazine groups is 1. The number of aryl methyl sites for hydroxylation is 2. The van der Waals surface area contributed by atoms with E-state index in [9.17, 15) is 14.4 Å². The molecule has 0 unspecified atom stereocenters. The molecule has 172 valence electrons. The average Bonchev–Trinajstić information content (AvgIpc) is 2.74. The third kappa shape index (κ3) is 6.83. The maximum Gasteiger partial charge on any atom is 0.279 e. The fourth-order valence-corrected chi connectivity index (χ4v) is 3.17. The van der Waals surface area contributed by atoms with E-state index in [4.69, 9.17) is 4.74 Å². The second kappa shape index (κ2) is 11.3. The number of benzene rings is 2. The van der Waals surface area contributed by atoms with Crippen LogP contribution in [0.3, 0.4) is 0 Å². The van der Waals surface area contributed by atoms with Gasteiger partial charge in [-0.15, -0.1) is 0 Å². The molecule has 3 amide bonds. The van der Waals surface area contributed by atoms with Crippen LogP contribution in [0.1, 0.15) is 54.2 Å². The third-order valence-electron chi connectivity index (χ3n) is 5.26. The van der Waals surface area contributed by atoms with Crippen molar-refractivity contribution in [3.05, 3.63) is 64.7 Å². The van der Waals surface area contributed by atoms with E-state index in [0.29, 0.717) is 17.7 Å². The summed E-state index contributed by atoms with van der Waals surface area (Å²) in [6, 6.07) is 12.0. The first-order chi connectivity index (χ1) is 15.1. The summed E-state index contributed by atoms with van der Waals surface area (Å²) in [5.74, 6) is -0.546. The van der Waals surface area contributed by atoms with Crippen molar-refractivity contribution in [3.63, 3.8) is 0 Å². The van der Waals surface area contributed by atoms with E-state index in [2.05, 4.69) is 16.2 Å². The zero-order valence-electron chi connectivity index (χ0n) is 19.6. The number of nitrogens with one attached hydrogen (secondary N) is 3. The second-order valence-electron chi connectivity index (χ2n) is 8.41. The van der Waals surface area contributed by atoms with Gasteiger partial charge in [-0.05, 0) is 68.9 Å². The van der Waals surface area contributed by atoms with Crippen molar-refractivity contribution in [3.8, 4) is 5.75 Å². The van der Waals surface area contributed by atoms with E-state index in [1.165, 1.54) is 0 Å². The Balaban J connectivity index is 1.98. The normalized spacial score (nSPS) is 12.6. The van der Waals surface area contributed by atoms with Crippen LogP contribution in [0, 0.1) is 26.7 Å². The zero-order chi connectivity index (χ0) is 23.8. The van der Waals surface area contributed by atoms with Crippen molar-refractivity contribution < 1.29 is 19.1 Å². The lowest BCUT2D eigenvalue weighted by Crippen LogP contribution is -2.54. The molecule has 3 N–H and O–H groups in total. The molecule has 0 aliphatic carbocycles. The van der Waals surface area contributed by atoms with Gasteiger partial charge in [0, 0.05) is 5.56 Å². The van der Waals surface area contributed by atoms with Crippen LogP contribution in [0.15, 0.2) is 42.5 Å². The van der Waals surface area contributed by atoms with Crippen LogP contribution in [0.25, 0.3) is 0 Å². The highest BCUT2D eigenvalue weighted by molar-refractivity contribution is 5.98. The highest BCUT2D eigenvalue weighted by Crippen LogP contribution is 2.21. The Bertz CT molecular complexity index is 971. The molecule has 7 nitrogen and oxygen atoms in total. The van der Waals surface area contributed by atoms with E-state index >= 15 is 0 Å². The van der Waals surface area contributed by atoms with Gasteiger partial charge in [0.1, 0.15) is 11.8 Å². The molecule has 0 aliphatic rings. The Kier molecular flexibility index (Phi) is 8.81. The summed E-state index contributed by atoms with van der Waals surface area (Å²) >= 11 is 0. The Morgan fingerprint density at radius 2 is 1.47 bits per heavy atom. The van der Waals surface area contributed by atoms with E-state index in [-0.39, 0.29) is 11.8 Å². The van der Waals surface area contributed by atoms with Gasteiger partial charge in [-0.2, -0.15) is 0 Å². The van der Waals surface area contributed by atoms with Crippen molar-refractivity contribution in [2.75, 3.05) is 0 Å². The number of hydrogen-bond donors (Lipinski definition) is 3. The maximum absolute atomic E-state index is 12.7. The molecule has 0 aromatic heterocycles. The molecule has 0 fully saturated rings. The Hall–Kier alpha value is -3.35. The highest BCUT2D eigenvalue weighted by Gasteiger charge is 2.24. The van der Waals surface area contributed by atoms with Gasteiger partial charge in [0.25, 0.3) is 17.7 Å². The van der Waals surface area contributed by atoms with Crippen LogP contribution in [-0.4, -0.2) is 29.9 Å². The number of rotatable bonds is 8. The van der Waals surface area contributed by atoms with E-state index in [1.54, 1.807) is 25.1 Å². The van der Waals surface area contributed by atoms with Crippen molar-refractivity contribution >= 4 is 17.7 Å². The molecule has 2 aromatic rings. The minimum absolute atomic E-state index is 0.158. The number of hydrogen-bond acceptors (Lipinski definition) is 4. The molecule has 2 atom stereocenters. The Morgan fingerprint density at radius 1 is 0.844 bits per heavy atom. The van der Waals surface area contributed by atoms with E-state index in [0.717, 1.165) is 16.7 Å². The summed E-state index contributed by atoms with van der Waals surface area (Å²) in [5, 5.41) is 2.78. The zero-order valence-corrected chi connectivity index (χ0v) is 19.6. The van der Waals surface area contributed by atoms with Gasteiger partial charge >= 0.3 is 0 Å². The minimum Gasteiger partial charge on any atom is -0.481 e. The standard InChI is InChI=1S/C25H33N3O4/c1-15(2)14-21(26-24(30)20-12-8-7-10-17(20)4)25(31)28-27-23(29)19(6)32-22-13-9-11-16(3)18(22)5/h7-13,15,19,21H,14H2,1-6H3,(H,26,30)(H,27,29)(H,28,31)/t19-,21-/m0/s1. The van der Waals surface area contributed by atoms with Crippen LogP contribution in [0.5, 0.6) is 5.75 Å². The number of carbonyl (C=O) groups excluding carboxylic acids is 3. The van der Waals surface area contributed by atoms with Crippen molar-refractivity contribution in [2.24, 2.45) is 5.92 Å². The fourth-order valence-electron chi connectivity index (χ4n) is 3.17. The molecule has 0 heterocycles. The van der Waals surface area contributed by atoms with Crippen LogP contribution in [0.4, 0.5) is 0 Å². The van der Waals surface area contributed by atoms with Crippen LogP contribution < -0.4 is 20.9 Å². The smallest absolute Gasteiger partial charge is 0.279 e. The SMILES string of the molecule is Cc1ccccc1C(=O)N[C@@H](CC(C)C)C(=O)NNC(=O)[C@H](C)Oc1cccc(C)c1C. The first kappa shape index (κ1) is 24.9. The van der Waals surface area contributed by atoms with Crippen molar-refractivity contribution in [1.29, 1.82) is 0 Å². The summed E-state index contributed by atoms with van der Waals surface area (Å²) < 4.78 is 5.75. The topological polar surface area (TPSA) is 96.5 Å². The lowest BCUT2D eigenvalue weighted by atomic mass is 10.0. The predicted molar refractivity (Wildman–Crippen MR) is 124 cm³/mol. The van der Waals surface area contributed by atoms with Crippen LogP contribution in [-0.2, 0) is 9.59 Å². The molecular formula is C25H33N3O4. The molecule has 2 rings (SSSR count). The van der Waals surface area contributed by atoms with Gasteiger partial charge in [0.05, 0.1) is 0 Å². The molecule has 0 saturated carbocycles. The van der Waals surface area contributed by atoms with Gasteiger partial charge in [-0.25, -0.2) is 0 Å². The molecule has 2 aromatic carbocycles. The van der Waals surface area contributed by atoms with Crippen LogP contribution >= 0.6 is 0 Å². The van der Waals surface area contributed by atoms with Crippen molar-refractivity contribution in [1.82, 2.24) is 16.2 Å². The summed E-state index contributed by atoms with van der Waals surface area (Å²) in [7, 11) is 0. The minimum atomic E-state index is -0.819. The summed E-state index contributed by atoms with van der Waals surface area (Å²) in [4.78, 5) is 37.8. The molecular weight excluding hydrogens is 406 g/mol. The number of carbonyl (C=O) groups is 3. The lowest BCUT2D eigenvalue weighted by Gasteiger charge is -2.22. The summed E-state index contributed by atoms with van der Waals surface area (Å²) in [6.07, 6.45) is -0.394. The molecule has 32 heavy (non-hydrogen) atoms. The number of ether oxygens (including phenoxy) is 1. The van der Waals surface area contributed by atoms with Gasteiger partial charge < -0.3 is 10.1 Å².